The van der Waals surface area contributed by atoms with Gasteiger partial charge in [0.2, 0.25) is 0 Å². The standard InChI is InChI=1S/C10H17BrO4/c1-10(2,3)15-8(12)6-5-7(11)9(13)14-4/h7H,5-6H2,1-4H3. The van der Waals surface area contributed by atoms with E-state index in [2.05, 4.69) is 20.7 Å². The van der Waals surface area contributed by atoms with Crippen LogP contribution in [0.4, 0.5) is 0 Å². The summed E-state index contributed by atoms with van der Waals surface area (Å²) < 4.78 is 9.60. The van der Waals surface area contributed by atoms with Gasteiger partial charge in [0.1, 0.15) is 10.4 Å². The van der Waals surface area contributed by atoms with Crippen molar-refractivity contribution in [1.82, 2.24) is 0 Å². The molecule has 0 radical (unpaired) electrons. The van der Waals surface area contributed by atoms with E-state index in [0.29, 0.717) is 6.42 Å². The molecule has 1 unspecified atom stereocenters. The maximum absolute atomic E-state index is 11.3. The van der Waals surface area contributed by atoms with Crippen molar-refractivity contribution in [3.63, 3.8) is 0 Å². The molecule has 0 spiro atoms. The van der Waals surface area contributed by atoms with Gasteiger partial charge in [-0.05, 0) is 27.2 Å². The Morgan fingerprint density at radius 3 is 2.27 bits per heavy atom. The summed E-state index contributed by atoms with van der Waals surface area (Å²) in [6.45, 7) is 5.41. The third-order valence-electron chi connectivity index (χ3n) is 1.48. The minimum absolute atomic E-state index is 0.197. The van der Waals surface area contributed by atoms with Gasteiger partial charge >= 0.3 is 11.9 Å². The van der Waals surface area contributed by atoms with E-state index in [9.17, 15) is 9.59 Å². The molecule has 0 aliphatic carbocycles. The van der Waals surface area contributed by atoms with Gasteiger partial charge in [0, 0.05) is 6.42 Å². The first-order chi connectivity index (χ1) is 6.76. The molecule has 0 amide bonds. The molecule has 0 saturated carbocycles. The Hall–Kier alpha value is -0.580. The number of alkyl halides is 1. The van der Waals surface area contributed by atoms with Crippen molar-refractivity contribution >= 4 is 27.9 Å². The van der Waals surface area contributed by atoms with Crippen LogP contribution in [0.5, 0.6) is 0 Å². The van der Waals surface area contributed by atoms with Gasteiger partial charge in [-0.3, -0.25) is 9.59 Å². The zero-order valence-corrected chi connectivity index (χ0v) is 11.1. The van der Waals surface area contributed by atoms with Gasteiger partial charge < -0.3 is 9.47 Å². The summed E-state index contributed by atoms with van der Waals surface area (Å²) in [7, 11) is 1.31. The summed E-state index contributed by atoms with van der Waals surface area (Å²) in [5.74, 6) is -0.686. The second kappa shape index (κ2) is 6.10. The summed E-state index contributed by atoms with van der Waals surface area (Å²) in [5.41, 5.74) is -0.482. The van der Waals surface area contributed by atoms with E-state index in [1.165, 1.54) is 7.11 Å². The van der Waals surface area contributed by atoms with Gasteiger partial charge in [-0.2, -0.15) is 0 Å². The van der Waals surface area contributed by atoms with Crippen LogP contribution in [0.1, 0.15) is 33.6 Å². The van der Waals surface area contributed by atoms with Crippen molar-refractivity contribution in [3.8, 4) is 0 Å². The monoisotopic (exact) mass is 280 g/mol. The maximum Gasteiger partial charge on any atom is 0.319 e. The van der Waals surface area contributed by atoms with Crippen LogP contribution in [0.3, 0.4) is 0 Å². The van der Waals surface area contributed by atoms with Crippen LogP contribution >= 0.6 is 15.9 Å². The van der Waals surface area contributed by atoms with E-state index in [1.807, 2.05) is 0 Å². The molecule has 1 atom stereocenters. The molecule has 0 bridgehead atoms. The lowest BCUT2D eigenvalue weighted by atomic mass is 10.2. The number of methoxy groups -OCH3 is 1. The molecule has 0 heterocycles. The lowest BCUT2D eigenvalue weighted by Gasteiger charge is -2.19. The fraction of sp³-hybridized carbons (Fsp3) is 0.800. The highest BCUT2D eigenvalue weighted by Crippen LogP contribution is 2.13. The van der Waals surface area contributed by atoms with Crippen LogP contribution < -0.4 is 0 Å². The number of carbonyl (C=O) groups excluding carboxylic acids is 2. The lowest BCUT2D eigenvalue weighted by Crippen LogP contribution is -2.25. The highest BCUT2D eigenvalue weighted by molar-refractivity contribution is 9.10. The van der Waals surface area contributed by atoms with Crippen molar-refractivity contribution in [2.45, 2.75) is 44.0 Å². The van der Waals surface area contributed by atoms with Crippen LogP contribution in [0, 0.1) is 0 Å². The molecule has 88 valence electrons. The molecule has 15 heavy (non-hydrogen) atoms. The van der Waals surface area contributed by atoms with Crippen LogP contribution in [0.25, 0.3) is 0 Å². The van der Waals surface area contributed by atoms with E-state index in [-0.39, 0.29) is 18.4 Å². The Bertz CT molecular complexity index is 232. The van der Waals surface area contributed by atoms with E-state index in [4.69, 9.17) is 4.74 Å². The molecule has 4 nitrogen and oxygen atoms in total. The number of carbonyl (C=O) groups is 2. The summed E-state index contributed by atoms with van der Waals surface area (Å²) in [6, 6.07) is 0. The Morgan fingerprint density at radius 1 is 1.33 bits per heavy atom. The van der Waals surface area contributed by atoms with Crippen molar-refractivity contribution in [1.29, 1.82) is 0 Å². The number of hydrogen-bond acceptors (Lipinski definition) is 4. The molecule has 0 fully saturated rings. The van der Waals surface area contributed by atoms with Gasteiger partial charge in [-0.1, -0.05) is 15.9 Å². The van der Waals surface area contributed by atoms with Gasteiger partial charge in [-0.15, -0.1) is 0 Å². The van der Waals surface area contributed by atoms with Crippen LogP contribution in [0.15, 0.2) is 0 Å². The SMILES string of the molecule is COC(=O)C(Br)CCC(=O)OC(C)(C)C. The van der Waals surface area contributed by atoms with E-state index >= 15 is 0 Å². The summed E-state index contributed by atoms with van der Waals surface area (Å²) >= 11 is 3.13. The Balaban J connectivity index is 3.86. The van der Waals surface area contributed by atoms with E-state index < -0.39 is 10.4 Å². The zero-order chi connectivity index (χ0) is 12.1. The van der Waals surface area contributed by atoms with Crippen LogP contribution in [-0.4, -0.2) is 29.5 Å². The highest BCUT2D eigenvalue weighted by atomic mass is 79.9. The Labute approximate surface area is 98.4 Å². The van der Waals surface area contributed by atoms with Gasteiger partial charge in [-0.25, -0.2) is 0 Å². The van der Waals surface area contributed by atoms with Crippen molar-refractivity contribution in [2.24, 2.45) is 0 Å². The predicted octanol–water partition coefficient (Wildman–Crippen LogP) is 2.04. The molecule has 0 aromatic rings. The first kappa shape index (κ1) is 14.4. The maximum atomic E-state index is 11.3. The molecule has 5 heteroatoms. The zero-order valence-electron chi connectivity index (χ0n) is 9.50. The molecule has 0 aliphatic heterocycles. The summed E-state index contributed by atoms with van der Waals surface area (Å²) in [6.07, 6.45) is 0.573. The average molecular weight is 281 g/mol. The van der Waals surface area contributed by atoms with Crippen molar-refractivity contribution < 1.29 is 19.1 Å². The van der Waals surface area contributed by atoms with Gasteiger partial charge in [0.05, 0.1) is 7.11 Å². The predicted molar refractivity (Wildman–Crippen MR) is 59.8 cm³/mol. The number of rotatable bonds is 4. The van der Waals surface area contributed by atoms with E-state index in [0.717, 1.165) is 0 Å². The minimum atomic E-state index is -0.482. The molecular weight excluding hydrogens is 264 g/mol. The Morgan fingerprint density at radius 2 is 1.87 bits per heavy atom. The molecular formula is C10H17BrO4. The number of ether oxygens (including phenoxy) is 2. The smallest absolute Gasteiger partial charge is 0.319 e. The highest BCUT2D eigenvalue weighted by Gasteiger charge is 2.20. The second-order valence-corrected chi connectivity index (χ2v) is 5.22. The average Bonchev–Trinajstić information content (AvgIpc) is 2.10. The fourth-order valence-corrected chi connectivity index (χ4v) is 1.30. The summed E-state index contributed by atoms with van der Waals surface area (Å²) in [5, 5.41) is 0. The number of hydrogen-bond donors (Lipinski definition) is 0. The van der Waals surface area contributed by atoms with Crippen molar-refractivity contribution in [2.75, 3.05) is 7.11 Å². The molecule has 0 saturated heterocycles. The van der Waals surface area contributed by atoms with Crippen LogP contribution in [-0.2, 0) is 19.1 Å². The first-order valence-electron chi connectivity index (χ1n) is 4.70. The fourth-order valence-electron chi connectivity index (χ4n) is 0.883. The normalized spacial score (nSPS) is 13.1. The van der Waals surface area contributed by atoms with Gasteiger partial charge in [0.25, 0.3) is 0 Å². The molecule has 0 aromatic carbocycles. The molecule has 0 N–H and O–H groups in total. The third kappa shape index (κ3) is 7.36. The largest absolute Gasteiger partial charge is 0.468 e. The van der Waals surface area contributed by atoms with Crippen LogP contribution in [0.2, 0.25) is 0 Å². The third-order valence-corrected chi connectivity index (χ3v) is 2.31. The molecule has 0 aromatic heterocycles. The second-order valence-electron chi connectivity index (χ2n) is 4.12. The molecule has 0 aliphatic rings. The minimum Gasteiger partial charge on any atom is -0.468 e. The number of halogens is 1. The lowest BCUT2D eigenvalue weighted by molar-refractivity contribution is -0.155. The molecule has 0 rings (SSSR count). The van der Waals surface area contributed by atoms with E-state index in [1.54, 1.807) is 20.8 Å². The first-order valence-corrected chi connectivity index (χ1v) is 5.61. The van der Waals surface area contributed by atoms with Crippen molar-refractivity contribution in [3.05, 3.63) is 0 Å². The quantitative estimate of drug-likeness (QED) is 0.584. The van der Waals surface area contributed by atoms with Gasteiger partial charge in [0.15, 0.2) is 0 Å². The summed E-state index contributed by atoms with van der Waals surface area (Å²) in [4.78, 5) is 21.8. The number of esters is 2. The topological polar surface area (TPSA) is 52.6 Å². The Kier molecular flexibility index (Phi) is 5.87.